The smallest absolute Gasteiger partial charge is 0.226 e. The van der Waals surface area contributed by atoms with Crippen LogP contribution in [0.25, 0.3) is 10.6 Å². The number of amides is 1. The Morgan fingerprint density at radius 3 is 2.92 bits per heavy atom. The average molecular weight is 378 g/mol. The van der Waals surface area contributed by atoms with Crippen molar-refractivity contribution in [3.8, 4) is 10.6 Å². The van der Waals surface area contributed by atoms with Crippen LogP contribution in [-0.2, 0) is 11.2 Å². The molecule has 25 heavy (non-hydrogen) atoms. The van der Waals surface area contributed by atoms with E-state index in [0.29, 0.717) is 11.4 Å². The summed E-state index contributed by atoms with van der Waals surface area (Å²) in [6, 6.07) is 7.86. The van der Waals surface area contributed by atoms with E-state index in [2.05, 4.69) is 22.1 Å². The van der Waals surface area contributed by atoms with Gasteiger partial charge in [0.1, 0.15) is 5.01 Å². The highest BCUT2D eigenvalue weighted by atomic mass is 35.5. The van der Waals surface area contributed by atoms with Crippen LogP contribution in [0.2, 0.25) is 5.02 Å². The number of rotatable bonds is 7. The van der Waals surface area contributed by atoms with Gasteiger partial charge in [0.25, 0.3) is 0 Å². The van der Waals surface area contributed by atoms with Crippen LogP contribution in [0.4, 0.5) is 0 Å². The lowest BCUT2D eigenvalue weighted by Gasteiger charge is -2.23. The van der Waals surface area contributed by atoms with Gasteiger partial charge in [-0.05, 0) is 44.5 Å². The lowest BCUT2D eigenvalue weighted by Crippen LogP contribution is -2.43. The molecule has 0 radical (unpaired) electrons. The van der Waals surface area contributed by atoms with Crippen LogP contribution in [0.3, 0.4) is 0 Å². The number of nitrogens with zero attached hydrogens (tertiary/aromatic N) is 2. The van der Waals surface area contributed by atoms with Crippen LogP contribution in [0.15, 0.2) is 29.6 Å². The van der Waals surface area contributed by atoms with Gasteiger partial charge >= 0.3 is 0 Å². The second-order valence-electron chi connectivity index (χ2n) is 6.51. The van der Waals surface area contributed by atoms with Gasteiger partial charge in [0, 0.05) is 28.6 Å². The van der Waals surface area contributed by atoms with Crippen LogP contribution in [0.1, 0.15) is 31.9 Å². The molecule has 3 rings (SSSR count). The van der Waals surface area contributed by atoms with Crippen molar-refractivity contribution in [2.24, 2.45) is 0 Å². The van der Waals surface area contributed by atoms with E-state index in [-0.39, 0.29) is 11.9 Å². The summed E-state index contributed by atoms with van der Waals surface area (Å²) in [5.41, 5.74) is 1.80. The van der Waals surface area contributed by atoms with Gasteiger partial charge in [0.15, 0.2) is 0 Å². The monoisotopic (exact) mass is 377 g/mol. The summed E-state index contributed by atoms with van der Waals surface area (Å²) in [6.07, 6.45) is 3.83. The second-order valence-corrected chi connectivity index (χ2v) is 7.81. The lowest BCUT2D eigenvalue weighted by molar-refractivity contribution is -0.121. The first-order valence-electron chi connectivity index (χ1n) is 8.86. The summed E-state index contributed by atoms with van der Waals surface area (Å²) in [6.45, 7) is 5.39. The molecule has 1 aliphatic heterocycles. The Kier molecular flexibility index (Phi) is 6.45. The summed E-state index contributed by atoms with van der Waals surface area (Å²) in [7, 11) is 0. The third-order valence-corrected chi connectivity index (χ3v) is 5.68. The minimum Gasteiger partial charge on any atom is -0.352 e. The zero-order valence-electron chi connectivity index (χ0n) is 14.5. The molecule has 1 saturated heterocycles. The molecule has 0 aliphatic carbocycles. The first-order chi connectivity index (χ1) is 12.1. The molecule has 1 aromatic heterocycles. The summed E-state index contributed by atoms with van der Waals surface area (Å²) < 4.78 is 0. The van der Waals surface area contributed by atoms with Crippen LogP contribution >= 0.6 is 22.9 Å². The number of hydrogen-bond donors (Lipinski definition) is 1. The number of likely N-dealkylation sites (tertiary alicyclic amines) is 1. The highest BCUT2D eigenvalue weighted by molar-refractivity contribution is 7.13. The molecule has 1 aromatic carbocycles. The van der Waals surface area contributed by atoms with Crippen molar-refractivity contribution >= 4 is 28.8 Å². The fourth-order valence-electron chi connectivity index (χ4n) is 3.14. The fraction of sp³-hybridized carbons (Fsp3) is 0.474. The molecule has 2 aromatic rings. The number of hydrogen-bond acceptors (Lipinski definition) is 4. The van der Waals surface area contributed by atoms with Gasteiger partial charge in [0.05, 0.1) is 12.1 Å². The average Bonchev–Trinajstić information content (AvgIpc) is 3.26. The van der Waals surface area contributed by atoms with Gasteiger partial charge < -0.3 is 10.2 Å². The molecule has 1 amide bonds. The molecule has 1 atom stereocenters. The van der Waals surface area contributed by atoms with Crippen LogP contribution in [0, 0.1) is 0 Å². The van der Waals surface area contributed by atoms with Crippen molar-refractivity contribution in [3.63, 3.8) is 0 Å². The van der Waals surface area contributed by atoms with Crippen LogP contribution in [0.5, 0.6) is 0 Å². The zero-order valence-corrected chi connectivity index (χ0v) is 16.1. The van der Waals surface area contributed by atoms with Gasteiger partial charge in [-0.15, -0.1) is 11.3 Å². The molecular formula is C19H24ClN3OS. The van der Waals surface area contributed by atoms with Gasteiger partial charge in [-0.25, -0.2) is 4.98 Å². The summed E-state index contributed by atoms with van der Waals surface area (Å²) in [4.78, 5) is 19.4. The molecule has 4 nitrogen and oxygen atoms in total. The van der Waals surface area contributed by atoms with Crippen molar-refractivity contribution in [1.82, 2.24) is 15.2 Å². The second kappa shape index (κ2) is 8.79. The first kappa shape index (κ1) is 18.4. The maximum absolute atomic E-state index is 12.4. The molecule has 1 aliphatic rings. The maximum Gasteiger partial charge on any atom is 0.226 e. The van der Waals surface area contributed by atoms with E-state index >= 15 is 0 Å². The first-order valence-corrected chi connectivity index (χ1v) is 10.1. The highest BCUT2D eigenvalue weighted by Gasteiger charge is 2.18. The Morgan fingerprint density at radius 1 is 1.40 bits per heavy atom. The van der Waals surface area contributed by atoms with E-state index in [0.717, 1.165) is 42.3 Å². The van der Waals surface area contributed by atoms with Gasteiger partial charge in [-0.1, -0.05) is 30.7 Å². The number of carbonyl (C=O) groups is 1. The molecule has 0 spiro atoms. The molecule has 6 heteroatoms. The summed E-state index contributed by atoms with van der Waals surface area (Å²) in [5.74, 6) is 0.0500. The van der Waals surface area contributed by atoms with Crippen LogP contribution in [-0.4, -0.2) is 41.5 Å². The van der Waals surface area contributed by atoms with E-state index in [4.69, 9.17) is 11.6 Å². The Labute approximate surface area is 158 Å². The van der Waals surface area contributed by atoms with Crippen molar-refractivity contribution in [2.45, 2.75) is 38.6 Å². The summed E-state index contributed by atoms with van der Waals surface area (Å²) >= 11 is 7.58. The molecule has 0 unspecified atom stereocenters. The zero-order chi connectivity index (χ0) is 17.6. The van der Waals surface area contributed by atoms with E-state index in [1.165, 1.54) is 12.8 Å². The third kappa shape index (κ3) is 5.27. The molecule has 1 fully saturated rings. The normalized spacial score (nSPS) is 16.1. The van der Waals surface area contributed by atoms with E-state index in [1.54, 1.807) is 11.3 Å². The minimum absolute atomic E-state index is 0.0500. The number of carbonyl (C=O) groups excluding carboxylic acids is 1. The fourth-order valence-corrected chi connectivity index (χ4v) is 4.15. The molecule has 0 saturated carbocycles. The Balaban J connectivity index is 1.55. The Morgan fingerprint density at radius 2 is 2.20 bits per heavy atom. The van der Waals surface area contributed by atoms with Gasteiger partial charge in [-0.3, -0.25) is 4.79 Å². The predicted octanol–water partition coefficient (Wildman–Crippen LogP) is 4.00. The highest BCUT2D eigenvalue weighted by Crippen LogP contribution is 2.26. The lowest BCUT2D eigenvalue weighted by atomic mass is 10.2. The quantitative estimate of drug-likeness (QED) is 0.793. The number of aromatic nitrogens is 1. The van der Waals surface area contributed by atoms with Crippen molar-refractivity contribution in [1.29, 1.82) is 0 Å². The van der Waals surface area contributed by atoms with Gasteiger partial charge in [0.2, 0.25) is 5.91 Å². The Bertz CT molecular complexity index is 712. The predicted molar refractivity (Wildman–Crippen MR) is 104 cm³/mol. The Hall–Kier alpha value is -1.43. The number of thiazole rings is 1. The van der Waals surface area contributed by atoms with E-state index in [9.17, 15) is 4.79 Å². The summed E-state index contributed by atoms with van der Waals surface area (Å²) in [5, 5.41) is 6.71. The molecule has 1 N–H and O–H groups in total. The number of halogens is 1. The van der Waals surface area contributed by atoms with Crippen molar-refractivity contribution in [2.75, 3.05) is 19.6 Å². The molecule has 134 valence electrons. The largest absolute Gasteiger partial charge is 0.352 e. The van der Waals surface area contributed by atoms with Crippen LogP contribution < -0.4 is 5.32 Å². The standard InChI is InChI=1S/C19H24ClN3OS/c1-2-16(12-23-8-3-4-9-23)21-18(24)11-17-13-25-19(22-17)14-6-5-7-15(20)10-14/h5-7,10,13,16H,2-4,8-9,11-12H2,1H3,(H,21,24)/t16-/m0/s1. The van der Waals surface area contributed by atoms with E-state index in [1.807, 2.05) is 29.6 Å². The molecule has 2 heterocycles. The third-order valence-electron chi connectivity index (χ3n) is 4.50. The van der Waals surface area contributed by atoms with E-state index < -0.39 is 0 Å². The van der Waals surface area contributed by atoms with Gasteiger partial charge in [-0.2, -0.15) is 0 Å². The molecule has 0 bridgehead atoms. The van der Waals surface area contributed by atoms with Crippen molar-refractivity contribution in [3.05, 3.63) is 40.4 Å². The molecular weight excluding hydrogens is 354 g/mol. The van der Waals surface area contributed by atoms with Crippen molar-refractivity contribution < 1.29 is 4.79 Å². The number of benzene rings is 1. The minimum atomic E-state index is 0.0500. The topological polar surface area (TPSA) is 45.2 Å². The maximum atomic E-state index is 12.4. The SMILES string of the molecule is CC[C@@H](CN1CCCC1)NC(=O)Cc1csc(-c2cccc(Cl)c2)n1. The number of nitrogens with one attached hydrogen (secondary N) is 1.